The lowest BCUT2D eigenvalue weighted by atomic mass is 10.0. The van der Waals surface area contributed by atoms with E-state index >= 15 is 0 Å². The zero-order valence-corrected chi connectivity index (χ0v) is 12.2. The number of halogens is 1. The molecule has 0 saturated carbocycles. The monoisotopic (exact) mass is 308 g/mol. The molecule has 1 saturated heterocycles. The number of benzene rings is 1. The van der Waals surface area contributed by atoms with Gasteiger partial charge in [0.15, 0.2) is 0 Å². The number of nitrogens with two attached hydrogens (primary N) is 1. The van der Waals surface area contributed by atoms with Crippen molar-refractivity contribution in [2.75, 3.05) is 13.1 Å². The molecule has 0 aliphatic carbocycles. The van der Waals surface area contributed by atoms with Crippen LogP contribution in [0.2, 0.25) is 0 Å². The summed E-state index contributed by atoms with van der Waals surface area (Å²) in [6.45, 7) is 1.35. The van der Waals surface area contributed by atoms with E-state index < -0.39 is 0 Å². The van der Waals surface area contributed by atoms with E-state index in [2.05, 4.69) is 15.5 Å². The molecule has 7 nitrogen and oxygen atoms in total. The van der Waals surface area contributed by atoms with Gasteiger partial charge in [-0.2, -0.15) is 4.68 Å². The maximum atomic E-state index is 12.6. The van der Waals surface area contributed by atoms with Crippen molar-refractivity contribution in [3.05, 3.63) is 36.2 Å². The van der Waals surface area contributed by atoms with Gasteiger partial charge in [-0.05, 0) is 35.4 Å². The molecule has 21 heavy (non-hydrogen) atoms. The third kappa shape index (κ3) is 3.20. The molecule has 0 bridgehead atoms. The lowest BCUT2D eigenvalue weighted by Crippen LogP contribution is -2.45. The first-order valence-corrected chi connectivity index (χ1v) is 6.63. The number of amides is 1. The van der Waals surface area contributed by atoms with Crippen LogP contribution in [0.4, 0.5) is 0 Å². The summed E-state index contributed by atoms with van der Waals surface area (Å²) in [6.07, 6.45) is 3.40. The predicted octanol–water partition coefficient (Wildman–Crippen LogP) is 0.647. The third-order valence-electron chi connectivity index (χ3n) is 3.48. The van der Waals surface area contributed by atoms with Gasteiger partial charge < -0.3 is 10.6 Å². The van der Waals surface area contributed by atoms with Crippen LogP contribution in [0.5, 0.6) is 0 Å². The largest absolute Gasteiger partial charge is 0.337 e. The van der Waals surface area contributed by atoms with Crippen molar-refractivity contribution in [1.29, 1.82) is 0 Å². The fraction of sp³-hybridized carbons (Fsp3) is 0.385. The number of hydrogen-bond donors (Lipinski definition) is 1. The van der Waals surface area contributed by atoms with Crippen molar-refractivity contribution in [2.45, 2.75) is 18.9 Å². The number of nitrogens with zero attached hydrogens (tertiary/aromatic N) is 5. The summed E-state index contributed by atoms with van der Waals surface area (Å²) in [5.74, 6) is -0.0220. The second-order valence-corrected chi connectivity index (χ2v) is 4.93. The number of aromatic nitrogens is 4. The molecular weight excluding hydrogens is 292 g/mol. The Hall–Kier alpha value is -1.99. The molecule has 2 aromatic rings. The van der Waals surface area contributed by atoms with Crippen LogP contribution < -0.4 is 5.73 Å². The van der Waals surface area contributed by atoms with Crippen LogP contribution in [0.3, 0.4) is 0 Å². The van der Waals surface area contributed by atoms with Crippen LogP contribution in [-0.2, 0) is 0 Å². The number of carbonyl (C=O) groups excluding carboxylic acids is 1. The lowest BCUT2D eigenvalue weighted by molar-refractivity contribution is 0.0708. The average molecular weight is 309 g/mol. The molecule has 1 aliphatic heterocycles. The predicted molar refractivity (Wildman–Crippen MR) is 79.5 cm³/mol. The topological polar surface area (TPSA) is 89.9 Å². The summed E-state index contributed by atoms with van der Waals surface area (Å²) >= 11 is 0. The van der Waals surface area contributed by atoms with Crippen molar-refractivity contribution in [3.8, 4) is 5.69 Å². The number of para-hydroxylation sites is 1. The van der Waals surface area contributed by atoms with Crippen LogP contribution in [0.25, 0.3) is 5.69 Å². The second-order valence-electron chi connectivity index (χ2n) is 4.93. The van der Waals surface area contributed by atoms with Gasteiger partial charge in [0.25, 0.3) is 5.91 Å². The van der Waals surface area contributed by atoms with Crippen molar-refractivity contribution in [3.63, 3.8) is 0 Å². The molecule has 1 aliphatic rings. The minimum absolute atomic E-state index is 0. The van der Waals surface area contributed by atoms with Crippen LogP contribution >= 0.6 is 12.4 Å². The van der Waals surface area contributed by atoms with Crippen LogP contribution in [0, 0.1) is 0 Å². The van der Waals surface area contributed by atoms with Crippen LogP contribution in [-0.4, -0.2) is 50.1 Å². The number of tetrazole rings is 1. The van der Waals surface area contributed by atoms with Crippen LogP contribution in [0.1, 0.15) is 23.2 Å². The number of hydrogen-bond acceptors (Lipinski definition) is 5. The molecule has 1 aromatic heterocycles. The number of likely N-dealkylation sites (tertiary alicyclic amines) is 1. The first-order valence-electron chi connectivity index (χ1n) is 6.63. The molecule has 0 radical (unpaired) electrons. The zero-order chi connectivity index (χ0) is 13.9. The van der Waals surface area contributed by atoms with E-state index in [-0.39, 0.29) is 24.4 Å². The van der Waals surface area contributed by atoms with Crippen molar-refractivity contribution in [2.24, 2.45) is 5.73 Å². The van der Waals surface area contributed by atoms with E-state index in [0.717, 1.165) is 19.4 Å². The van der Waals surface area contributed by atoms with Crippen molar-refractivity contribution in [1.82, 2.24) is 25.1 Å². The highest BCUT2D eigenvalue weighted by Crippen LogP contribution is 2.18. The highest BCUT2D eigenvalue weighted by atomic mass is 35.5. The van der Waals surface area contributed by atoms with Gasteiger partial charge in [0.2, 0.25) is 0 Å². The van der Waals surface area contributed by atoms with Gasteiger partial charge in [-0.15, -0.1) is 17.5 Å². The molecule has 1 unspecified atom stereocenters. The fourth-order valence-corrected chi connectivity index (χ4v) is 2.49. The Labute approximate surface area is 128 Å². The van der Waals surface area contributed by atoms with E-state index in [4.69, 9.17) is 5.73 Å². The molecule has 1 aromatic carbocycles. The fourth-order valence-electron chi connectivity index (χ4n) is 2.49. The van der Waals surface area contributed by atoms with E-state index in [1.54, 1.807) is 11.0 Å². The quantitative estimate of drug-likeness (QED) is 0.879. The van der Waals surface area contributed by atoms with E-state index in [1.165, 1.54) is 11.0 Å². The summed E-state index contributed by atoms with van der Waals surface area (Å²) in [7, 11) is 0. The highest BCUT2D eigenvalue weighted by molar-refractivity contribution is 5.97. The van der Waals surface area contributed by atoms with E-state index in [0.29, 0.717) is 17.8 Å². The molecule has 8 heteroatoms. The highest BCUT2D eigenvalue weighted by Gasteiger charge is 2.24. The van der Waals surface area contributed by atoms with Gasteiger partial charge in [-0.25, -0.2) is 0 Å². The Balaban J connectivity index is 0.00000161. The molecule has 112 valence electrons. The maximum absolute atomic E-state index is 12.6. The Morgan fingerprint density at radius 3 is 2.86 bits per heavy atom. The minimum Gasteiger partial charge on any atom is -0.337 e. The van der Waals surface area contributed by atoms with Crippen molar-refractivity contribution < 1.29 is 4.79 Å². The summed E-state index contributed by atoms with van der Waals surface area (Å²) in [5, 5.41) is 11.1. The van der Waals surface area contributed by atoms with E-state index in [9.17, 15) is 4.79 Å². The van der Waals surface area contributed by atoms with Gasteiger partial charge >= 0.3 is 0 Å². The number of carbonyl (C=O) groups is 1. The Kier molecular flexibility index (Phi) is 4.87. The molecular formula is C13H17ClN6O. The van der Waals surface area contributed by atoms with Gasteiger partial charge in [0.1, 0.15) is 6.33 Å². The molecule has 2 heterocycles. The lowest BCUT2D eigenvalue weighted by Gasteiger charge is -2.31. The molecule has 1 amide bonds. The number of piperidine rings is 1. The zero-order valence-electron chi connectivity index (χ0n) is 11.4. The second kappa shape index (κ2) is 6.64. The number of rotatable bonds is 2. The summed E-state index contributed by atoms with van der Waals surface area (Å²) in [5.41, 5.74) is 7.22. The van der Waals surface area contributed by atoms with E-state index in [1.807, 2.05) is 18.2 Å². The molecule has 1 fully saturated rings. The summed E-state index contributed by atoms with van der Waals surface area (Å²) < 4.78 is 1.50. The van der Waals surface area contributed by atoms with Gasteiger partial charge in [0.05, 0.1) is 11.3 Å². The SMILES string of the molecule is Cl.NC1CCCN(C(=O)c2ccccc2-n2cnnn2)C1. The van der Waals surface area contributed by atoms with Crippen molar-refractivity contribution >= 4 is 18.3 Å². The first kappa shape index (κ1) is 15.4. The maximum Gasteiger partial charge on any atom is 0.256 e. The minimum atomic E-state index is -0.0220. The normalized spacial score (nSPS) is 18.1. The standard InChI is InChI=1S/C13H16N6O.ClH/c14-10-4-3-7-18(8-10)13(20)11-5-1-2-6-12(11)19-9-15-16-17-19;/h1-2,5-6,9-10H,3-4,7-8,14H2;1H. The molecule has 1 atom stereocenters. The van der Waals surface area contributed by atoms with Gasteiger partial charge in [-0.1, -0.05) is 12.1 Å². The molecule has 3 rings (SSSR count). The molecule has 0 spiro atoms. The average Bonchev–Trinajstić information content (AvgIpc) is 3.00. The first-order chi connectivity index (χ1) is 9.75. The van der Waals surface area contributed by atoms with Gasteiger partial charge in [-0.3, -0.25) is 4.79 Å². The van der Waals surface area contributed by atoms with Crippen LogP contribution in [0.15, 0.2) is 30.6 Å². The Bertz CT molecular complexity index is 602. The summed E-state index contributed by atoms with van der Waals surface area (Å²) in [6, 6.07) is 7.38. The Morgan fingerprint density at radius 2 is 2.14 bits per heavy atom. The smallest absolute Gasteiger partial charge is 0.256 e. The third-order valence-corrected chi connectivity index (χ3v) is 3.48. The molecule has 2 N–H and O–H groups in total. The Morgan fingerprint density at radius 1 is 1.33 bits per heavy atom. The van der Waals surface area contributed by atoms with Gasteiger partial charge in [0, 0.05) is 19.1 Å². The summed E-state index contributed by atoms with van der Waals surface area (Å²) in [4.78, 5) is 14.5.